The predicted octanol–water partition coefficient (Wildman–Crippen LogP) is 5.71. The second-order valence-corrected chi connectivity index (χ2v) is 9.70. The highest BCUT2D eigenvalue weighted by atomic mass is 32.2. The number of hydrogen-bond donors (Lipinski definition) is 1. The van der Waals surface area contributed by atoms with E-state index in [0.717, 1.165) is 22.6 Å². The molecule has 0 spiro atoms. The van der Waals surface area contributed by atoms with Crippen LogP contribution in [0.5, 0.6) is 5.75 Å². The maximum atomic E-state index is 12.5. The molecule has 0 aliphatic heterocycles. The van der Waals surface area contributed by atoms with E-state index >= 15 is 0 Å². The smallest absolute Gasteiger partial charge is 0.236 e. The van der Waals surface area contributed by atoms with Gasteiger partial charge in [0.25, 0.3) is 0 Å². The van der Waals surface area contributed by atoms with Gasteiger partial charge in [-0.1, -0.05) is 72.4 Å². The molecule has 9 heteroatoms. The molecule has 0 aliphatic rings. The van der Waals surface area contributed by atoms with Gasteiger partial charge >= 0.3 is 0 Å². The van der Waals surface area contributed by atoms with Gasteiger partial charge in [-0.25, -0.2) is 4.98 Å². The summed E-state index contributed by atoms with van der Waals surface area (Å²) < 4.78 is 7.90. The lowest BCUT2D eigenvalue weighted by atomic mass is 10.0. The monoisotopic (exact) mass is 501 g/mol. The van der Waals surface area contributed by atoms with Crippen LogP contribution in [0.2, 0.25) is 0 Å². The average molecular weight is 502 g/mol. The van der Waals surface area contributed by atoms with E-state index in [-0.39, 0.29) is 18.3 Å². The third-order valence-electron chi connectivity index (χ3n) is 5.58. The Kier molecular flexibility index (Phi) is 6.78. The molecule has 176 valence electrons. The summed E-state index contributed by atoms with van der Waals surface area (Å²) in [6, 6.07) is 22.1. The highest BCUT2D eigenvalue weighted by Gasteiger charge is 2.14. The molecule has 2 heterocycles. The largest absolute Gasteiger partial charge is 0.485 e. The first kappa shape index (κ1) is 23.1. The molecule has 0 aliphatic carbocycles. The molecule has 2 aromatic heterocycles. The summed E-state index contributed by atoms with van der Waals surface area (Å²) in [6.07, 6.45) is 0. The first-order valence-corrected chi connectivity index (χ1v) is 12.9. The van der Waals surface area contributed by atoms with Gasteiger partial charge in [-0.2, -0.15) is 0 Å². The molecule has 0 radical (unpaired) electrons. The molecule has 3 aromatic carbocycles. The number of amides is 1. The van der Waals surface area contributed by atoms with E-state index in [1.807, 2.05) is 65.5 Å². The van der Waals surface area contributed by atoms with Crippen LogP contribution in [0.3, 0.4) is 0 Å². The Morgan fingerprint density at radius 2 is 1.86 bits per heavy atom. The second kappa shape index (κ2) is 10.3. The minimum absolute atomic E-state index is 0.142. The van der Waals surface area contributed by atoms with Crippen LogP contribution in [0.25, 0.3) is 22.0 Å². The van der Waals surface area contributed by atoms with Crippen molar-refractivity contribution in [2.45, 2.75) is 18.7 Å². The highest BCUT2D eigenvalue weighted by molar-refractivity contribution is 7.99. The zero-order valence-corrected chi connectivity index (χ0v) is 20.9. The van der Waals surface area contributed by atoms with Gasteiger partial charge in [-0.3, -0.25) is 4.79 Å². The molecule has 0 bridgehead atoms. The fourth-order valence-electron chi connectivity index (χ4n) is 3.66. The van der Waals surface area contributed by atoms with E-state index in [1.165, 1.54) is 33.9 Å². The second-order valence-electron chi connectivity index (χ2n) is 7.90. The lowest BCUT2D eigenvalue weighted by Gasteiger charge is -2.11. The minimum Gasteiger partial charge on any atom is -0.485 e. The number of anilines is 1. The summed E-state index contributed by atoms with van der Waals surface area (Å²) in [5.41, 5.74) is 2.96. The molecule has 0 saturated carbocycles. The summed E-state index contributed by atoms with van der Waals surface area (Å²) in [5, 5.41) is 16.8. The van der Waals surface area contributed by atoms with E-state index in [9.17, 15) is 4.79 Å². The molecule has 5 aromatic rings. The number of nitrogens with one attached hydrogen (secondary N) is 1. The number of carbonyl (C=O) groups excluding carboxylic acids is 1. The molecular formula is C26H23N5O2S2. The van der Waals surface area contributed by atoms with Crippen molar-refractivity contribution >= 4 is 44.9 Å². The number of ether oxygens (including phenoxy) is 1. The maximum Gasteiger partial charge on any atom is 0.236 e. The molecule has 5 rings (SSSR count). The lowest BCUT2D eigenvalue weighted by molar-refractivity contribution is -0.113. The normalized spacial score (nSPS) is 11.0. The standard InChI is InChI=1S/C26H23N5O2S2/c1-17-20-11-7-6-8-18(20)12-13-22(17)33-14-23-29-30-26(31(23)2)35-16-24(32)28-25-27-21(15-34-25)19-9-4-3-5-10-19/h3-13,15H,14,16H2,1-2H3,(H,27,28,32). The van der Waals surface area contributed by atoms with Gasteiger partial charge in [0.15, 0.2) is 16.1 Å². The number of fused-ring (bicyclic) bond motifs is 1. The summed E-state index contributed by atoms with van der Waals surface area (Å²) >= 11 is 2.73. The Hall–Kier alpha value is -3.69. The van der Waals surface area contributed by atoms with Crippen LogP contribution in [-0.2, 0) is 18.4 Å². The molecule has 1 amide bonds. The van der Waals surface area contributed by atoms with Gasteiger partial charge in [0.1, 0.15) is 12.4 Å². The van der Waals surface area contributed by atoms with Crippen LogP contribution < -0.4 is 10.1 Å². The van der Waals surface area contributed by atoms with E-state index in [4.69, 9.17) is 4.74 Å². The van der Waals surface area contributed by atoms with Gasteiger partial charge in [-0.05, 0) is 29.3 Å². The number of aromatic nitrogens is 4. The van der Waals surface area contributed by atoms with Crippen LogP contribution in [-0.4, -0.2) is 31.4 Å². The third kappa shape index (κ3) is 5.21. The van der Waals surface area contributed by atoms with Crippen molar-refractivity contribution in [3.05, 3.63) is 83.5 Å². The zero-order valence-electron chi connectivity index (χ0n) is 19.3. The topological polar surface area (TPSA) is 81.9 Å². The SMILES string of the molecule is Cc1c(OCc2nnc(SCC(=O)Nc3nc(-c4ccccc4)cs3)n2C)ccc2ccccc12. The van der Waals surface area contributed by atoms with Crippen LogP contribution in [0.15, 0.2) is 77.3 Å². The molecule has 35 heavy (non-hydrogen) atoms. The number of nitrogens with zero attached hydrogens (tertiary/aromatic N) is 4. The summed E-state index contributed by atoms with van der Waals surface area (Å²) in [6.45, 7) is 2.34. The fourth-order valence-corrected chi connectivity index (χ4v) is 5.13. The van der Waals surface area contributed by atoms with E-state index in [0.29, 0.717) is 16.1 Å². The van der Waals surface area contributed by atoms with Crippen molar-refractivity contribution in [3.8, 4) is 17.0 Å². The van der Waals surface area contributed by atoms with Crippen LogP contribution in [0.1, 0.15) is 11.4 Å². The Balaban J connectivity index is 1.16. The number of hydrogen-bond acceptors (Lipinski definition) is 7. The van der Waals surface area contributed by atoms with Crippen molar-refractivity contribution in [2.24, 2.45) is 7.05 Å². The Bertz CT molecular complexity index is 1480. The van der Waals surface area contributed by atoms with Crippen molar-refractivity contribution in [1.29, 1.82) is 0 Å². The van der Waals surface area contributed by atoms with Crippen LogP contribution in [0.4, 0.5) is 5.13 Å². The number of benzene rings is 3. The van der Waals surface area contributed by atoms with Gasteiger partial charge in [-0.15, -0.1) is 21.5 Å². The number of carbonyl (C=O) groups is 1. The number of thiazole rings is 1. The van der Waals surface area contributed by atoms with Crippen molar-refractivity contribution < 1.29 is 9.53 Å². The van der Waals surface area contributed by atoms with Crippen LogP contribution in [0, 0.1) is 6.92 Å². The van der Waals surface area contributed by atoms with E-state index in [2.05, 4.69) is 45.6 Å². The van der Waals surface area contributed by atoms with Crippen LogP contribution >= 0.6 is 23.1 Å². The van der Waals surface area contributed by atoms with E-state index in [1.54, 1.807) is 0 Å². The quantitative estimate of drug-likeness (QED) is 0.274. The van der Waals surface area contributed by atoms with Crippen molar-refractivity contribution in [1.82, 2.24) is 19.7 Å². The molecule has 0 fully saturated rings. The fraction of sp³-hybridized carbons (Fsp3) is 0.154. The lowest BCUT2D eigenvalue weighted by Crippen LogP contribution is -2.14. The molecule has 1 N–H and O–H groups in total. The van der Waals surface area contributed by atoms with Gasteiger partial charge in [0.2, 0.25) is 5.91 Å². The van der Waals surface area contributed by atoms with Gasteiger partial charge in [0, 0.05) is 18.0 Å². The Morgan fingerprint density at radius 1 is 1.06 bits per heavy atom. The molecule has 0 atom stereocenters. The minimum atomic E-state index is -0.142. The van der Waals surface area contributed by atoms with Gasteiger partial charge in [0.05, 0.1) is 11.4 Å². The van der Waals surface area contributed by atoms with Crippen molar-refractivity contribution in [2.75, 3.05) is 11.1 Å². The molecule has 0 unspecified atom stereocenters. The predicted molar refractivity (Wildman–Crippen MR) is 141 cm³/mol. The summed E-state index contributed by atoms with van der Waals surface area (Å²) in [5.74, 6) is 1.57. The highest BCUT2D eigenvalue weighted by Crippen LogP contribution is 2.28. The summed E-state index contributed by atoms with van der Waals surface area (Å²) in [7, 11) is 1.87. The Labute approximate surface area is 211 Å². The zero-order chi connectivity index (χ0) is 24.2. The number of aryl methyl sites for hydroxylation is 1. The van der Waals surface area contributed by atoms with Crippen molar-refractivity contribution in [3.63, 3.8) is 0 Å². The molecule has 0 saturated heterocycles. The number of rotatable bonds is 8. The first-order chi connectivity index (χ1) is 17.1. The molecular weight excluding hydrogens is 478 g/mol. The van der Waals surface area contributed by atoms with Gasteiger partial charge < -0.3 is 14.6 Å². The molecule has 7 nitrogen and oxygen atoms in total. The van der Waals surface area contributed by atoms with E-state index < -0.39 is 0 Å². The maximum absolute atomic E-state index is 12.5. The third-order valence-corrected chi connectivity index (χ3v) is 7.36. The average Bonchev–Trinajstić information content (AvgIpc) is 3.49. The first-order valence-electron chi connectivity index (χ1n) is 11.0. The summed E-state index contributed by atoms with van der Waals surface area (Å²) in [4.78, 5) is 17.0. The Morgan fingerprint density at radius 3 is 2.71 bits per heavy atom. The number of thioether (sulfide) groups is 1.